The molecular weight excluding hydrogens is 306 g/mol. The van der Waals surface area contributed by atoms with Crippen molar-refractivity contribution in [2.45, 2.75) is 6.54 Å². The molecule has 0 spiro atoms. The van der Waals surface area contributed by atoms with Gasteiger partial charge in [-0.15, -0.1) is 0 Å². The largest absolute Gasteiger partial charge is 0.493 e. The molecule has 0 bridgehead atoms. The summed E-state index contributed by atoms with van der Waals surface area (Å²) in [5.74, 6) is 2.66. The van der Waals surface area contributed by atoms with Gasteiger partial charge in [0.15, 0.2) is 23.0 Å². The smallest absolute Gasteiger partial charge is 0.231 e. The van der Waals surface area contributed by atoms with E-state index in [-0.39, 0.29) is 6.79 Å². The lowest BCUT2D eigenvalue weighted by atomic mass is 10.2. The first-order valence-electron chi connectivity index (χ1n) is 6.75. The van der Waals surface area contributed by atoms with E-state index in [4.69, 9.17) is 30.5 Å². The summed E-state index contributed by atoms with van der Waals surface area (Å²) in [7, 11) is 3.15. The minimum Gasteiger partial charge on any atom is -0.493 e. The Morgan fingerprint density at radius 1 is 1.09 bits per heavy atom. The molecule has 1 aliphatic rings. The number of fused-ring (bicyclic) bond motifs is 1. The standard InChI is InChI=1S/C16H16ClNO4/c1-19-15-6-10(5-12(17)16(15)20-2)8-18-11-3-4-13-14(7-11)22-9-21-13/h3-7,18H,8-9H2,1-2H3. The Bertz CT molecular complexity index is 690. The Morgan fingerprint density at radius 3 is 2.68 bits per heavy atom. The van der Waals surface area contributed by atoms with Crippen molar-refractivity contribution in [2.75, 3.05) is 26.3 Å². The number of rotatable bonds is 5. The van der Waals surface area contributed by atoms with Gasteiger partial charge in [0, 0.05) is 18.3 Å². The highest BCUT2D eigenvalue weighted by molar-refractivity contribution is 6.32. The van der Waals surface area contributed by atoms with Crippen LogP contribution in [0.15, 0.2) is 30.3 Å². The lowest BCUT2D eigenvalue weighted by Gasteiger charge is -2.13. The number of benzene rings is 2. The van der Waals surface area contributed by atoms with Gasteiger partial charge in [0.2, 0.25) is 6.79 Å². The zero-order valence-electron chi connectivity index (χ0n) is 12.3. The van der Waals surface area contributed by atoms with Gasteiger partial charge in [-0.2, -0.15) is 0 Å². The number of halogens is 1. The Hall–Kier alpha value is -2.27. The van der Waals surface area contributed by atoms with Crippen LogP contribution in [0.4, 0.5) is 5.69 Å². The maximum Gasteiger partial charge on any atom is 0.231 e. The molecule has 0 unspecified atom stereocenters. The van der Waals surface area contributed by atoms with Gasteiger partial charge in [-0.05, 0) is 29.8 Å². The van der Waals surface area contributed by atoms with Gasteiger partial charge in [0.05, 0.1) is 19.2 Å². The molecule has 6 heteroatoms. The van der Waals surface area contributed by atoms with Crippen LogP contribution >= 0.6 is 11.6 Å². The quantitative estimate of drug-likeness (QED) is 0.910. The fourth-order valence-corrected chi connectivity index (χ4v) is 2.59. The van der Waals surface area contributed by atoms with E-state index in [1.165, 1.54) is 0 Å². The number of anilines is 1. The molecule has 116 valence electrons. The van der Waals surface area contributed by atoms with Crippen LogP contribution in [-0.2, 0) is 6.54 Å². The number of hydrogen-bond acceptors (Lipinski definition) is 5. The molecule has 0 fully saturated rings. The second-order valence-corrected chi connectivity index (χ2v) is 5.14. The Kier molecular flexibility index (Phi) is 4.15. The lowest BCUT2D eigenvalue weighted by molar-refractivity contribution is 0.174. The normalized spacial score (nSPS) is 12.1. The molecule has 0 saturated carbocycles. The zero-order valence-corrected chi connectivity index (χ0v) is 13.1. The molecular formula is C16H16ClNO4. The summed E-state index contributed by atoms with van der Waals surface area (Å²) in [6.07, 6.45) is 0. The molecule has 1 N–H and O–H groups in total. The van der Waals surface area contributed by atoms with Crippen molar-refractivity contribution < 1.29 is 18.9 Å². The van der Waals surface area contributed by atoms with Gasteiger partial charge in [-0.1, -0.05) is 11.6 Å². The van der Waals surface area contributed by atoms with Crippen LogP contribution in [0.1, 0.15) is 5.56 Å². The van der Waals surface area contributed by atoms with E-state index in [2.05, 4.69) is 5.32 Å². The van der Waals surface area contributed by atoms with Gasteiger partial charge in [-0.25, -0.2) is 0 Å². The summed E-state index contributed by atoms with van der Waals surface area (Å²) in [5, 5.41) is 3.83. The fourth-order valence-electron chi connectivity index (χ4n) is 2.28. The summed E-state index contributed by atoms with van der Waals surface area (Å²) in [5.41, 5.74) is 1.93. The molecule has 0 aromatic heterocycles. The van der Waals surface area contributed by atoms with Gasteiger partial charge in [-0.3, -0.25) is 0 Å². The minimum absolute atomic E-state index is 0.268. The average molecular weight is 322 g/mol. The molecule has 1 heterocycles. The Morgan fingerprint density at radius 2 is 1.91 bits per heavy atom. The van der Waals surface area contributed by atoms with Crippen LogP contribution in [0.25, 0.3) is 0 Å². The average Bonchev–Trinajstić information content (AvgIpc) is 2.99. The molecule has 5 nitrogen and oxygen atoms in total. The molecule has 3 rings (SSSR count). The lowest BCUT2D eigenvalue weighted by Crippen LogP contribution is -2.01. The van der Waals surface area contributed by atoms with Crippen molar-refractivity contribution in [3.05, 3.63) is 40.9 Å². The Balaban J connectivity index is 1.75. The zero-order chi connectivity index (χ0) is 15.5. The predicted molar refractivity (Wildman–Crippen MR) is 84.4 cm³/mol. The highest BCUT2D eigenvalue weighted by atomic mass is 35.5. The second kappa shape index (κ2) is 6.23. The summed E-state index contributed by atoms with van der Waals surface area (Å²) in [6, 6.07) is 9.47. The highest BCUT2D eigenvalue weighted by Crippen LogP contribution is 2.37. The van der Waals surface area contributed by atoms with E-state index in [1.54, 1.807) is 14.2 Å². The molecule has 0 amide bonds. The number of nitrogens with one attached hydrogen (secondary N) is 1. The van der Waals surface area contributed by atoms with Crippen LogP contribution in [0.5, 0.6) is 23.0 Å². The predicted octanol–water partition coefficient (Wildman–Crippen LogP) is 3.70. The molecule has 22 heavy (non-hydrogen) atoms. The van der Waals surface area contributed by atoms with Gasteiger partial charge in [0.1, 0.15) is 0 Å². The molecule has 2 aromatic rings. The molecule has 0 radical (unpaired) electrons. The molecule has 0 atom stereocenters. The van der Waals surface area contributed by atoms with Gasteiger partial charge in [0.25, 0.3) is 0 Å². The van der Waals surface area contributed by atoms with Crippen molar-refractivity contribution in [3.63, 3.8) is 0 Å². The van der Waals surface area contributed by atoms with Crippen LogP contribution in [0.2, 0.25) is 5.02 Å². The van der Waals surface area contributed by atoms with Crippen molar-refractivity contribution in [1.29, 1.82) is 0 Å². The number of hydrogen-bond donors (Lipinski definition) is 1. The summed E-state index contributed by atoms with van der Waals surface area (Å²) in [4.78, 5) is 0. The van der Waals surface area contributed by atoms with E-state index in [0.717, 1.165) is 22.7 Å². The molecule has 0 saturated heterocycles. The monoisotopic (exact) mass is 321 g/mol. The first-order valence-corrected chi connectivity index (χ1v) is 7.13. The number of ether oxygens (including phenoxy) is 4. The van der Waals surface area contributed by atoms with Gasteiger partial charge >= 0.3 is 0 Å². The fraction of sp³-hybridized carbons (Fsp3) is 0.250. The van der Waals surface area contributed by atoms with E-state index in [0.29, 0.717) is 23.1 Å². The van der Waals surface area contributed by atoms with Crippen molar-refractivity contribution >= 4 is 17.3 Å². The maximum atomic E-state index is 6.20. The maximum absolute atomic E-state index is 6.20. The third-order valence-electron chi connectivity index (χ3n) is 3.36. The molecule has 0 aliphatic carbocycles. The van der Waals surface area contributed by atoms with Crippen LogP contribution < -0.4 is 24.3 Å². The summed E-state index contributed by atoms with van der Waals surface area (Å²) in [6.45, 7) is 0.865. The summed E-state index contributed by atoms with van der Waals surface area (Å²) >= 11 is 6.20. The van der Waals surface area contributed by atoms with Crippen LogP contribution in [0.3, 0.4) is 0 Å². The van der Waals surface area contributed by atoms with E-state index < -0.39 is 0 Å². The van der Waals surface area contributed by atoms with Gasteiger partial charge < -0.3 is 24.3 Å². The minimum atomic E-state index is 0.268. The molecule has 2 aromatic carbocycles. The van der Waals surface area contributed by atoms with Crippen molar-refractivity contribution in [3.8, 4) is 23.0 Å². The summed E-state index contributed by atoms with van der Waals surface area (Å²) < 4.78 is 21.2. The van der Waals surface area contributed by atoms with E-state index in [9.17, 15) is 0 Å². The second-order valence-electron chi connectivity index (χ2n) is 4.73. The van der Waals surface area contributed by atoms with E-state index in [1.807, 2.05) is 30.3 Å². The first-order chi connectivity index (χ1) is 10.7. The van der Waals surface area contributed by atoms with Crippen LogP contribution in [0, 0.1) is 0 Å². The highest BCUT2D eigenvalue weighted by Gasteiger charge is 2.14. The Labute approximate surface area is 133 Å². The van der Waals surface area contributed by atoms with Crippen molar-refractivity contribution in [1.82, 2.24) is 0 Å². The SMILES string of the molecule is COc1cc(CNc2ccc3c(c2)OCO3)cc(Cl)c1OC. The molecule has 1 aliphatic heterocycles. The van der Waals surface area contributed by atoms with E-state index >= 15 is 0 Å². The van der Waals surface area contributed by atoms with Crippen LogP contribution in [-0.4, -0.2) is 21.0 Å². The first kappa shape index (κ1) is 14.7. The third-order valence-corrected chi connectivity index (χ3v) is 3.64. The third kappa shape index (κ3) is 2.85. The van der Waals surface area contributed by atoms with Crippen molar-refractivity contribution in [2.24, 2.45) is 0 Å². The number of methoxy groups -OCH3 is 2. The topological polar surface area (TPSA) is 49.0 Å².